The molecule has 0 aliphatic heterocycles. The lowest BCUT2D eigenvalue weighted by atomic mass is 10.2. The van der Waals surface area contributed by atoms with Gasteiger partial charge in [-0.15, -0.1) is 0 Å². The molecule has 0 aliphatic carbocycles. The van der Waals surface area contributed by atoms with Crippen molar-refractivity contribution < 1.29 is 28.7 Å². The highest BCUT2D eigenvalue weighted by Gasteiger charge is 2.22. The number of ether oxygens (including phenoxy) is 3. The van der Waals surface area contributed by atoms with Crippen molar-refractivity contribution >= 4 is 29.4 Å². The number of hydrogen-bond acceptors (Lipinski definition) is 7. The second-order valence-corrected chi connectivity index (χ2v) is 6.56. The van der Waals surface area contributed by atoms with E-state index in [0.717, 1.165) is 13.2 Å². The van der Waals surface area contributed by atoms with E-state index in [1.54, 1.807) is 20.8 Å². The predicted molar refractivity (Wildman–Crippen MR) is 93.8 cm³/mol. The predicted octanol–water partition coefficient (Wildman–Crippen LogP) is 3.33. The van der Waals surface area contributed by atoms with Crippen molar-refractivity contribution in [2.45, 2.75) is 32.8 Å². The number of esters is 1. The van der Waals surface area contributed by atoms with E-state index in [9.17, 15) is 19.7 Å². The fourth-order valence-electron chi connectivity index (χ4n) is 1.82. The summed E-state index contributed by atoms with van der Waals surface area (Å²) in [5.41, 5.74) is -1.11. The summed E-state index contributed by atoms with van der Waals surface area (Å²) in [4.78, 5) is 33.4. The number of nitro groups is 1. The number of amides is 1. The maximum absolute atomic E-state index is 11.6. The van der Waals surface area contributed by atoms with Gasteiger partial charge in [-0.3, -0.25) is 10.1 Å². The van der Waals surface area contributed by atoms with Crippen LogP contribution in [0.2, 0.25) is 5.02 Å². The van der Waals surface area contributed by atoms with Crippen molar-refractivity contribution in [1.82, 2.24) is 5.32 Å². The Balaban J connectivity index is 2.66. The SMILES string of the molecule is COC(=O)c1cc(OCCCNC(=O)OC(C)(C)C)c(Cl)c([N+](=O)[O-])c1. The molecule has 0 saturated heterocycles. The van der Waals surface area contributed by atoms with Gasteiger partial charge in [-0.25, -0.2) is 9.59 Å². The smallest absolute Gasteiger partial charge is 0.407 e. The monoisotopic (exact) mass is 388 g/mol. The van der Waals surface area contributed by atoms with E-state index in [4.69, 9.17) is 21.1 Å². The molecule has 0 aliphatic rings. The Morgan fingerprint density at radius 3 is 2.50 bits per heavy atom. The lowest BCUT2D eigenvalue weighted by Gasteiger charge is -2.19. The van der Waals surface area contributed by atoms with E-state index < -0.39 is 28.3 Å². The zero-order valence-corrected chi connectivity index (χ0v) is 15.7. The second-order valence-electron chi connectivity index (χ2n) is 6.19. The Labute approximate surface area is 155 Å². The van der Waals surface area contributed by atoms with Crippen molar-refractivity contribution in [2.75, 3.05) is 20.3 Å². The molecule has 0 spiro atoms. The number of nitrogens with one attached hydrogen (secondary N) is 1. The number of hydrogen-bond donors (Lipinski definition) is 1. The van der Waals surface area contributed by atoms with E-state index >= 15 is 0 Å². The van der Waals surface area contributed by atoms with Gasteiger partial charge in [-0.2, -0.15) is 0 Å². The Morgan fingerprint density at radius 1 is 1.31 bits per heavy atom. The summed E-state index contributed by atoms with van der Waals surface area (Å²) in [6.07, 6.45) is -0.162. The van der Waals surface area contributed by atoms with Crippen LogP contribution in [0.5, 0.6) is 5.75 Å². The zero-order chi connectivity index (χ0) is 19.9. The zero-order valence-electron chi connectivity index (χ0n) is 15.0. The molecule has 0 aromatic heterocycles. The van der Waals surface area contributed by atoms with Gasteiger partial charge >= 0.3 is 12.1 Å². The van der Waals surface area contributed by atoms with Gasteiger partial charge in [0.1, 0.15) is 11.4 Å². The molecule has 1 aromatic rings. The summed E-state index contributed by atoms with van der Waals surface area (Å²) in [5.74, 6) is -0.764. The van der Waals surface area contributed by atoms with Crippen LogP contribution in [0, 0.1) is 10.1 Å². The third-order valence-electron chi connectivity index (χ3n) is 2.88. The molecular weight excluding hydrogens is 368 g/mol. The molecular formula is C16H21ClN2O7. The van der Waals surface area contributed by atoms with Crippen LogP contribution in [0.1, 0.15) is 37.6 Å². The van der Waals surface area contributed by atoms with E-state index in [2.05, 4.69) is 10.1 Å². The lowest BCUT2D eigenvalue weighted by molar-refractivity contribution is -0.384. The first-order valence-electron chi connectivity index (χ1n) is 7.71. The number of halogens is 1. The summed E-state index contributed by atoms with van der Waals surface area (Å²) < 4.78 is 15.0. The summed E-state index contributed by atoms with van der Waals surface area (Å²) in [5, 5.41) is 13.4. The second kappa shape index (κ2) is 9.23. The van der Waals surface area contributed by atoms with Gasteiger partial charge < -0.3 is 19.5 Å². The van der Waals surface area contributed by atoms with Crippen LogP contribution >= 0.6 is 11.6 Å². The Kier molecular flexibility index (Phi) is 7.63. The number of carbonyl (C=O) groups is 2. The number of alkyl carbamates (subject to hydrolysis) is 1. The normalized spacial score (nSPS) is 10.8. The Bertz CT molecular complexity index is 686. The molecule has 1 aromatic carbocycles. The number of methoxy groups -OCH3 is 1. The molecule has 1 rings (SSSR count). The topological polar surface area (TPSA) is 117 Å². The summed E-state index contributed by atoms with van der Waals surface area (Å²) >= 11 is 5.95. The molecule has 0 heterocycles. The molecule has 0 bridgehead atoms. The van der Waals surface area contributed by atoms with Crippen LogP contribution < -0.4 is 10.1 Å². The van der Waals surface area contributed by atoms with Gasteiger partial charge in [0.05, 0.1) is 24.2 Å². The molecule has 0 fully saturated rings. The molecule has 0 saturated carbocycles. The van der Waals surface area contributed by atoms with Crippen LogP contribution in [-0.4, -0.2) is 42.8 Å². The average Bonchev–Trinajstić information content (AvgIpc) is 2.53. The van der Waals surface area contributed by atoms with E-state index in [1.807, 2.05) is 0 Å². The van der Waals surface area contributed by atoms with Gasteiger partial charge in [-0.1, -0.05) is 11.6 Å². The molecule has 0 radical (unpaired) electrons. The highest BCUT2D eigenvalue weighted by atomic mass is 35.5. The van der Waals surface area contributed by atoms with Crippen LogP contribution in [0.15, 0.2) is 12.1 Å². The maximum Gasteiger partial charge on any atom is 0.407 e. The van der Waals surface area contributed by atoms with Crippen LogP contribution in [-0.2, 0) is 9.47 Å². The van der Waals surface area contributed by atoms with Gasteiger partial charge in [0, 0.05) is 12.6 Å². The van der Waals surface area contributed by atoms with E-state index in [1.165, 1.54) is 6.07 Å². The fourth-order valence-corrected chi connectivity index (χ4v) is 2.05. The first-order chi connectivity index (χ1) is 12.0. The summed E-state index contributed by atoms with van der Waals surface area (Å²) in [7, 11) is 1.16. The Hall–Kier alpha value is -2.55. The largest absolute Gasteiger partial charge is 0.492 e. The number of nitrogens with zero attached hydrogens (tertiary/aromatic N) is 1. The van der Waals surface area contributed by atoms with E-state index in [-0.39, 0.29) is 29.5 Å². The standard InChI is InChI=1S/C16H21ClN2O7/c1-16(2,3)26-15(21)18-6-5-7-25-12-9-10(14(20)24-4)8-11(13(12)17)19(22)23/h8-9H,5-7H2,1-4H3,(H,18,21). The molecule has 1 amide bonds. The fraction of sp³-hybridized carbons (Fsp3) is 0.500. The number of carbonyl (C=O) groups excluding carboxylic acids is 2. The number of benzene rings is 1. The van der Waals surface area contributed by atoms with E-state index in [0.29, 0.717) is 6.42 Å². The van der Waals surface area contributed by atoms with Crippen molar-refractivity contribution in [2.24, 2.45) is 0 Å². The van der Waals surface area contributed by atoms with Crippen molar-refractivity contribution in [3.05, 3.63) is 32.8 Å². The summed E-state index contributed by atoms with van der Waals surface area (Å²) in [6.45, 7) is 5.62. The van der Waals surface area contributed by atoms with Crippen LogP contribution in [0.4, 0.5) is 10.5 Å². The molecule has 9 nitrogen and oxygen atoms in total. The van der Waals surface area contributed by atoms with Gasteiger partial charge in [0.15, 0.2) is 5.02 Å². The highest BCUT2D eigenvalue weighted by molar-refractivity contribution is 6.34. The highest BCUT2D eigenvalue weighted by Crippen LogP contribution is 2.35. The van der Waals surface area contributed by atoms with Crippen molar-refractivity contribution in [3.63, 3.8) is 0 Å². The number of nitro benzene ring substituents is 1. The van der Waals surface area contributed by atoms with Gasteiger partial charge in [0.2, 0.25) is 0 Å². The van der Waals surface area contributed by atoms with Gasteiger partial charge in [0.25, 0.3) is 5.69 Å². The van der Waals surface area contributed by atoms with Crippen molar-refractivity contribution in [3.8, 4) is 5.75 Å². The third kappa shape index (κ3) is 6.75. The summed E-state index contributed by atoms with van der Waals surface area (Å²) in [6, 6.07) is 2.29. The first kappa shape index (κ1) is 21.5. The Morgan fingerprint density at radius 2 is 1.96 bits per heavy atom. The quantitative estimate of drug-likeness (QED) is 0.329. The molecule has 10 heteroatoms. The molecule has 1 N–H and O–H groups in total. The minimum atomic E-state index is -0.749. The van der Waals surface area contributed by atoms with Gasteiger partial charge in [-0.05, 0) is 33.3 Å². The lowest BCUT2D eigenvalue weighted by Crippen LogP contribution is -2.33. The first-order valence-corrected chi connectivity index (χ1v) is 8.09. The van der Waals surface area contributed by atoms with Crippen molar-refractivity contribution in [1.29, 1.82) is 0 Å². The van der Waals surface area contributed by atoms with Crippen LogP contribution in [0.3, 0.4) is 0 Å². The third-order valence-corrected chi connectivity index (χ3v) is 3.26. The molecule has 144 valence electrons. The molecule has 0 atom stereocenters. The van der Waals surface area contributed by atoms with Crippen LogP contribution in [0.25, 0.3) is 0 Å². The molecule has 0 unspecified atom stereocenters. The molecule has 26 heavy (non-hydrogen) atoms. The number of rotatable bonds is 7. The average molecular weight is 389 g/mol. The minimum absolute atomic E-state index is 0.0152. The minimum Gasteiger partial charge on any atom is -0.492 e. The maximum atomic E-state index is 11.6.